The minimum absolute atomic E-state index is 0.306. The lowest BCUT2D eigenvalue weighted by molar-refractivity contribution is -0.188. The number of primary sulfonamides is 2. The number of nitrogens with two attached hydrogens (primary N) is 2. The molecule has 0 fully saturated rings. The van der Waals surface area contributed by atoms with E-state index in [2.05, 4.69) is 0 Å². The van der Waals surface area contributed by atoms with Gasteiger partial charge in [-0.2, -0.15) is 0 Å². The summed E-state index contributed by atoms with van der Waals surface area (Å²) < 4.78 is 61.8. The molecule has 0 amide bonds. The van der Waals surface area contributed by atoms with Crippen LogP contribution in [0.5, 0.6) is 0 Å². The molecule has 14 heteroatoms. The molecule has 2 atom stereocenters. The zero-order valence-corrected chi connectivity index (χ0v) is 25.1. The second-order valence-corrected chi connectivity index (χ2v) is 13.2. The Kier molecular flexibility index (Phi) is 10.2. The highest BCUT2D eigenvalue weighted by molar-refractivity contribution is 7.90. The molecule has 4 rings (SSSR count). The number of esters is 2. The molecule has 0 bridgehead atoms. The molecule has 0 aliphatic rings. The first-order chi connectivity index (χ1) is 21.3. The molecule has 0 saturated carbocycles. The topological polar surface area (TPSA) is 213 Å². The molecule has 0 aromatic heterocycles. The predicted molar refractivity (Wildman–Crippen MR) is 162 cm³/mol. The average Bonchev–Trinajstić information content (AvgIpc) is 3.03. The summed E-state index contributed by atoms with van der Waals surface area (Å²) in [5, 5.41) is 32.5. The van der Waals surface area contributed by atoms with Gasteiger partial charge in [0.1, 0.15) is 0 Å². The molecule has 236 valence electrons. The van der Waals surface area contributed by atoms with Gasteiger partial charge >= 0.3 is 11.9 Å². The maximum atomic E-state index is 14.2. The van der Waals surface area contributed by atoms with E-state index < -0.39 is 60.5 Å². The number of hydrogen-bond donors (Lipinski definition) is 4. The van der Waals surface area contributed by atoms with Crippen molar-refractivity contribution in [3.63, 3.8) is 0 Å². The molecule has 0 aliphatic heterocycles. The number of carbonyl (C=O) groups excluding carboxylic acids is 2. The number of sulfonamides is 2. The minimum atomic E-state index is -5.41. The summed E-state index contributed by atoms with van der Waals surface area (Å²) >= 11 is 0. The Bertz CT molecular complexity index is 1610. The van der Waals surface area contributed by atoms with Crippen LogP contribution in [-0.2, 0) is 39.1 Å². The van der Waals surface area contributed by atoms with Crippen molar-refractivity contribution in [1.82, 2.24) is 0 Å². The molecule has 45 heavy (non-hydrogen) atoms. The summed E-state index contributed by atoms with van der Waals surface area (Å²) in [6, 6.07) is 31.8. The van der Waals surface area contributed by atoms with Crippen LogP contribution in [0.3, 0.4) is 0 Å². The summed E-state index contributed by atoms with van der Waals surface area (Å²) in [5.41, 5.74) is -9.54. The lowest BCUT2D eigenvalue weighted by atomic mass is 9.88. The van der Waals surface area contributed by atoms with E-state index >= 15 is 0 Å². The van der Waals surface area contributed by atoms with Gasteiger partial charge in [-0.05, 0) is 22.3 Å². The number of hydrogen-bond acceptors (Lipinski definition) is 10. The van der Waals surface area contributed by atoms with E-state index in [-0.39, 0.29) is 0 Å². The smallest absolute Gasteiger partial charge is 0.332 e. The van der Waals surface area contributed by atoms with Gasteiger partial charge in [0, 0.05) is 0 Å². The molecule has 0 aliphatic carbocycles. The largest absolute Gasteiger partial charge is 0.451 e. The monoisotopic (exact) mass is 654 g/mol. The van der Waals surface area contributed by atoms with Gasteiger partial charge in [0.2, 0.25) is 25.5 Å². The van der Waals surface area contributed by atoms with Gasteiger partial charge in [-0.3, -0.25) is 9.59 Å². The summed E-state index contributed by atoms with van der Waals surface area (Å²) in [7, 11) is -10.8. The fourth-order valence-corrected chi connectivity index (χ4v) is 6.47. The van der Waals surface area contributed by atoms with Crippen LogP contribution in [0.1, 0.15) is 34.5 Å². The molecular weight excluding hydrogens is 624 g/mol. The Labute approximate surface area is 259 Å². The van der Waals surface area contributed by atoms with Crippen molar-refractivity contribution in [3.8, 4) is 0 Å². The van der Waals surface area contributed by atoms with E-state index in [9.17, 15) is 36.6 Å². The van der Waals surface area contributed by atoms with Crippen LogP contribution in [0.2, 0.25) is 0 Å². The van der Waals surface area contributed by atoms with E-state index in [0.29, 0.717) is 22.3 Å². The van der Waals surface area contributed by atoms with Crippen LogP contribution < -0.4 is 10.3 Å². The fourth-order valence-electron chi connectivity index (χ4n) is 4.70. The molecule has 6 N–H and O–H groups in total. The van der Waals surface area contributed by atoms with E-state index in [0.717, 1.165) is 0 Å². The first kappa shape index (κ1) is 33.5. The van der Waals surface area contributed by atoms with Crippen molar-refractivity contribution in [2.75, 3.05) is 0 Å². The van der Waals surface area contributed by atoms with E-state index in [4.69, 9.17) is 19.8 Å². The molecule has 0 radical (unpaired) electrons. The maximum Gasteiger partial charge on any atom is 0.332 e. The molecule has 0 saturated heterocycles. The zero-order chi connectivity index (χ0) is 32.8. The van der Waals surface area contributed by atoms with Crippen LogP contribution in [0.25, 0.3) is 0 Å². The number of rotatable bonds is 12. The van der Waals surface area contributed by atoms with Crippen LogP contribution in [-0.4, -0.2) is 49.9 Å². The average molecular weight is 655 g/mol. The lowest BCUT2D eigenvalue weighted by Crippen LogP contribution is -2.64. The molecule has 0 heterocycles. The summed E-state index contributed by atoms with van der Waals surface area (Å²) in [6.07, 6.45) is -2.79. The van der Waals surface area contributed by atoms with Crippen molar-refractivity contribution in [2.45, 2.75) is 23.1 Å². The molecule has 4 aromatic carbocycles. The first-order valence-corrected chi connectivity index (χ1v) is 16.5. The Morgan fingerprint density at radius 3 is 0.933 bits per heavy atom. The molecular formula is C31H30N2O10S2. The van der Waals surface area contributed by atoms with Gasteiger partial charge in [0.05, 0.1) is 0 Å². The Balaban J connectivity index is 1.94. The second-order valence-electron chi connectivity index (χ2n) is 9.97. The SMILES string of the molecule is NS(=O)(=O)C(O)C(C(=O)OC(c1ccccc1)c1ccccc1)(C(=O)OC(c1ccccc1)c1ccccc1)C(O)S(N)(=O)=O. The molecule has 2 unspecified atom stereocenters. The minimum Gasteiger partial charge on any atom is -0.451 e. The third-order valence-electron chi connectivity index (χ3n) is 6.94. The molecule has 4 aromatic rings. The number of aliphatic hydroxyl groups excluding tert-OH is 2. The van der Waals surface area contributed by atoms with E-state index in [1.54, 1.807) is 72.8 Å². The summed E-state index contributed by atoms with van der Waals surface area (Å²) in [4.78, 5) is 28.4. The Morgan fingerprint density at radius 1 is 0.511 bits per heavy atom. The van der Waals surface area contributed by atoms with Gasteiger partial charge in [-0.25, -0.2) is 27.1 Å². The predicted octanol–water partition coefficient (Wildman–Crippen LogP) is 1.85. The van der Waals surface area contributed by atoms with Crippen molar-refractivity contribution in [1.29, 1.82) is 0 Å². The number of carbonyl (C=O) groups is 2. The van der Waals surface area contributed by atoms with Crippen LogP contribution in [0.4, 0.5) is 0 Å². The van der Waals surface area contributed by atoms with E-state index in [1.165, 1.54) is 48.5 Å². The van der Waals surface area contributed by atoms with Gasteiger partial charge in [-0.15, -0.1) is 0 Å². The zero-order valence-electron chi connectivity index (χ0n) is 23.5. The van der Waals surface area contributed by atoms with Crippen LogP contribution in [0.15, 0.2) is 121 Å². The normalized spacial score (nSPS) is 13.6. The van der Waals surface area contributed by atoms with Crippen molar-refractivity contribution in [3.05, 3.63) is 144 Å². The highest BCUT2D eigenvalue weighted by atomic mass is 32.2. The molecule has 12 nitrogen and oxygen atoms in total. The van der Waals surface area contributed by atoms with Gasteiger partial charge in [0.15, 0.2) is 23.1 Å². The van der Waals surface area contributed by atoms with E-state index in [1.807, 2.05) is 0 Å². The third kappa shape index (κ3) is 7.28. The standard InChI is InChI=1S/C31H30N2O10S2/c32-44(38,39)29(36)31(30(37)45(33,40)41,27(34)42-25(21-13-5-1-6-14-21)22-15-7-2-8-16-22)28(35)43-26(23-17-9-3-10-18-23)24-19-11-4-12-20-24/h1-20,25-26,29-30,36-37H,(H2,32,38,39)(H2,33,40,41). The van der Waals surface area contributed by atoms with Gasteiger partial charge < -0.3 is 19.7 Å². The van der Waals surface area contributed by atoms with Crippen molar-refractivity contribution >= 4 is 32.0 Å². The maximum absolute atomic E-state index is 14.2. The fraction of sp³-hybridized carbons (Fsp3) is 0.161. The van der Waals surface area contributed by atoms with Gasteiger partial charge in [0.25, 0.3) is 0 Å². The van der Waals surface area contributed by atoms with Crippen LogP contribution >= 0.6 is 0 Å². The quantitative estimate of drug-likeness (QED) is 0.129. The highest BCUT2D eigenvalue weighted by Crippen LogP contribution is 2.40. The number of ether oxygens (including phenoxy) is 2. The Morgan fingerprint density at radius 2 is 0.733 bits per heavy atom. The second kappa shape index (κ2) is 13.7. The summed E-state index contributed by atoms with van der Waals surface area (Å²) in [6.45, 7) is 0. The first-order valence-electron chi connectivity index (χ1n) is 13.3. The highest BCUT2D eigenvalue weighted by Gasteiger charge is 2.68. The Hall–Kier alpha value is -4.44. The number of aliphatic hydroxyl groups is 2. The van der Waals surface area contributed by atoms with Gasteiger partial charge in [-0.1, -0.05) is 121 Å². The number of benzene rings is 4. The van der Waals surface area contributed by atoms with Crippen molar-refractivity contribution < 1.29 is 46.1 Å². The lowest BCUT2D eigenvalue weighted by Gasteiger charge is -2.37. The molecule has 0 spiro atoms. The summed E-state index contributed by atoms with van der Waals surface area (Å²) in [5.74, 6) is -3.98. The van der Waals surface area contributed by atoms with Crippen LogP contribution in [0, 0.1) is 5.41 Å². The third-order valence-corrected chi connectivity index (χ3v) is 8.92. The van der Waals surface area contributed by atoms with Crippen molar-refractivity contribution in [2.24, 2.45) is 15.7 Å².